The lowest BCUT2D eigenvalue weighted by atomic mass is 9.94. The molecule has 1 aromatic carbocycles. The Morgan fingerprint density at radius 2 is 1.88 bits per heavy atom. The van der Waals surface area contributed by atoms with E-state index in [2.05, 4.69) is 63.2 Å². The standard InChI is InChI=1S/C19H25N5/c1-14-7-6-10-18(23-14)20-11-12-21-19-22-13-17(24-19)15(2)16-8-4-3-5-9-16/h3-10,15,17H,11-13H2,1-2H3,(H,20,23)(H2,21,22,24). The van der Waals surface area contributed by atoms with Gasteiger partial charge < -0.3 is 16.0 Å². The minimum Gasteiger partial charge on any atom is -0.368 e. The summed E-state index contributed by atoms with van der Waals surface area (Å²) >= 11 is 0. The van der Waals surface area contributed by atoms with Gasteiger partial charge in [-0.15, -0.1) is 0 Å². The third-order valence-electron chi connectivity index (χ3n) is 4.31. The molecule has 0 saturated heterocycles. The molecule has 3 rings (SSSR count). The molecule has 24 heavy (non-hydrogen) atoms. The number of anilines is 1. The molecule has 5 nitrogen and oxygen atoms in total. The van der Waals surface area contributed by atoms with Crippen LogP contribution in [0.2, 0.25) is 0 Å². The Hall–Kier alpha value is -2.56. The summed E-state index contributed by atoms with van der Waals surface area (Å²) in [5.74, 6) is 2.24. The van der Waals surface area contributed by atoms with E-state index in [1.54, 1.807) is 0 Å². The van der Waals surface area contributed by atoms with E-state index in [9.17, 15) is 0 Å². The lowest BCUT2D eigenvalue weighted by Crippen LogP contribution is -2.42. The molecule has 2 unspecified atom stereocenters. The molecule has 1 aliphatic heterocycles. The minimum absolute atomic E-state index is 0.348. The summed E-state index contributed by atoms with van der Waals surface area (Å²) in [5, 5.41) is 10.2. The second-order valence-electron chi connectivity index (χ2n) is 6.16. The third-order valence-corrected chi connectivity index (χ3v) is 4.31. The van der Waals surface area contributed by atoms with Crippen molar-refractivity contribution in [2.45, 2.75) is 25.8 Å². The molecule has 0 bridgehead atoms. The summed E-state index contributed by atoms with van der Waals surface area (Å²) < 4.78 is 0. The first kappa shape index (κ1) is 16.3. The van der Waals surface area contributed by atoms with Gasteiger partial charge in [-0.2, -0.15) is 0 Å². The second-order valence-corrected chi connectivity index (χ2v) is 6.16. The average Bonchev–Trinajstić information content (AvgIpc) is 3.08. The van der Waals surface area contributed by atoms with Crippen molar-refractivity contribution in [1.82, 2.24) is 15.6 Å². The maximum Gasteiger partial charge on any atom is 0.191 e. The molecule has 0 amide bonds. The van der Waals surface area contributed by atoms with Crippen molar-refractivity contribution in [3.63, 3.8) is 0 Å². The molecule has 1 aromatic heterocycles. The molecule has 126 valence electrons. The molecular formula is C19H25N5. The largest absolute Gasteiger partial charge is 0.368 e. The number of benzene rings is 1. The van der Waals surface area contributed by atoms with Crippen molar-refractivity contribution in [2.24, 2.45) is 4.99 Å². The molecule has 0 aliphatic carbocycles. The molecule has 2 atom stereocenters. The number of guanidine groups is 1. The number of nitrogens with zero attached hydrogens (tertiary/aromatic N) is 2. The Morgan fingerprint density at radius 1 is 1.08 bits per heavy atom. The Kier molecular flexibility index (Phi) is 5.31. The quantitative estimate of drug-likeness (QED) is 0.715. The zero-order chi connectivity index (χ0) is 16.8. The first-order valence-corrected chi connectivity index (χ1v) is 8.50. The van der Waals surface area contributed by atoms with Crippen molar-refractivity contribution in [2.75, 3.05) is 25.0 Å². The van der Waals surface area contributed by atoms with E-state index >= 15 is 0 Å². The number of rotatable bonds is 6. The van der Waals surface area contributed by atoms with Gasteiger partial charge in [-0.1, -0.05) is 43.3 Å². The molecule has 3 N–H and O–H groups in total. The van der Waals surface area contributed by atoms with Crippen LogP contribution in [0.4, 0.5) is 5.82 Å². The summed E-state index contributed by atoms with van der Waals surface area (Å²) in [7, 11) is 0. The van der Waals surface area contributed by atoms with E-state index in [0.717, 1.165) is 37.1 Å². The number of hydrogen-bond acceptors (Lipinski definition) is 5. The average molecular weight is 323 g/mol. The molecule has 0 radical (unpaired) electrons. The zero-order valence-corrected chi connectivity index (χ0v) is 14.3. The topological polar surface area (TPSA) is 61.3 Å². The normalized spacial score (nSPS) is 17.8. The number of hydrogen-bond donors (Lipinski definition) is 3. The predicted octanol–water partition coefficient (Wildman–Crippen LogP) is 2.52. The maximum absolute atomic E-state index is 4.57. The fourth-order valence-electron chi connectivity index (χ4n) is 2.85. The van der Waals surface area contributed by atoms with Crippen molar-refractivity contribution >= 4 is 11.8 Å². The Balaban J connectivity index is 1.40. The lowest BCUT2D eigenvalue weighted by Gasteiger charge is -2.20. The molecule has 0 saturated carbocycles. The van der Waals surface area contributed by atoms with E-state index in [0.29, 0.717) is 12.0 Å². The van der Waals surface area contributed by atoms with Gasteiger partial charge in [-0.25, -0.2) is 4.98 Å². The van der Waals surface area contributed by atoms with Gasteiger partial charge in [-0.05, 0) is 24.6 Å². The predicted molar refractivity (Wildman–Crippen MR) is 99.5 cm³/mol. The fourth-order valence-corrected chi connectivity index (χ4v) is 2.85. The fraction of sp³-hybridized carbons (Fsp3) is 0.368. The van der Waals surface area contributed by atoms with Gasteiger partial charge in [0.25, 0.3) is 0 Å². The highest BCUT2D eigenvalue weighted by Crippen LogP contribution is 2.20. The zero-order valence-electron chi connectivity index (χ0n) is 14.3. The summed E-state index contributed by atoms with van der Waals surface area (Å²) in [6.07, 6.45) is 0. The van der Waals surface area contributed by atoms with Crippen LogP contribution in [0, 0.1) is 6.92 Å². The van der Waals surface area contributed by atoms with Gasteiger partial charge in [-0.3, -0.25) is 4.99 Å². The summed E-state index contributed by atoms with van der Waals surface area (Å²) in [6.45, 7) is 6.65. The van der Waals surface area contributed by atoms with Gasteiger partial charge in [0.2, 0.25) is 0 Å². The smallest absolute Gasteiger partial charge is 0.191 e. The van der Waals surface area contributed by atoms with Gasteiger partial charge in [0.15, 0.2) is 5.96 Å². The van der Waals surface area contributed by atoms with Crippen molar-refractivity contribution in [3.8, 4) is 0 Å². The van der Waals surface area contributed by atoms with Gasteiger partial charge in [0, 0.05) is 24.7 Å². The number of aryl methyl sites for hydroxylation is 1. The molecule has 2 heterocycles. The number of aliphatic imine (C=N–C) groups is 1. The first-order chi connectivity index (χ1) is 11.7. The highest BCUT2D eigenvalue weighted by molar-refractivity contribution is 5.82. The van der Waals surface area contributed by atoms with Gasteiger partial charge >= 0.3 is 0 Å². The molecule has 2 aromatic rings. The van der Waals surface area contributed by atoms with E-state index in [4.69, 9.17) is 0 Å². The minimum atomic E-state index is 0.348. The summed E-state index contributed by atoms with van der Waals surface area (Å²) in [4.78, 5) is 9.00. The molecule has 1 aliphatic rings. The van der Waals surface area contributed by atoms with Crippen LogP contribution >= 0.6 is 0 Å². The van der Waals surface area contributed by atoms with E-state index < -0.39 is 0 Å². The van der Waals surface area contributed by atoms with Crippen LogP contribution < -0.4 is 16.0 Å². The van der Waals surface area contributed by atoms with Crippen molar-refractivity contribution in [1.29, 1.82) is 0 Å². The van der Waals surface area contributed by atoms with Gasteiger partial charge in [0.05, 0.1) is 12.6 Å². The van der Waals surface area contributed by atoms with Crippen LogP contribution in [0.15, 0.2) is 53.5 Å². The van der Waals surface area contributed by atoms with Crippen molar-refractivity contribution < 1.29 is 0 Å². The second kappa shape index (κ2) is 7.81. The van der Waals surface area contributed by atoms with Crippen LogP contribution in [0.3, 0.4) is 0 Å². The van der Waals surface area contributed by atoms with Crippen LogP contribution in [0.1, 0.15) is 24.1 Å². The Morgan fingerprint density at radius 3 is 2.67 bits per heavy atom. The summed E-state index contributed by atoms with van der Waals surface area (Å²) in [5.41, 5.74) is 2.37. The Labute approximate surface area is 143 Å². The van der Waals surface area contributed by atoms with E-state index in [1.807, 2.05) is 25.1 Å². The SMILES string of the molecule is Cc1cccc(NCCNC2=NCC(C(C)c3ccccc3)N2)n1. The molecule has 5 heteroatoms. The number of pyridine rings is 1. The van der Waals surface area contributed by atoms with E-state index in [-0.39, 0.29) is 0 Å². The van der Waals surface area contributed by atoms with Gasteiger partial charge in [0.1, 0.15) is 5.82 Å². The number of nitrogens with one attached hydrogen (secondary N) is 3. The van der Waals surface area contributed by atoms with Crippen LogP contribution in [-0.4, -0.2) is 36.6 Å². The lowest BCUT2D eigenvalue weighted by molar-refractivity contribution is 0.552. The van der Waals surface area contributed by atoms with Crippen LogP contribution in [0.25, 0.3) is 0 Å². The Bertz CT molecular complexity index is 683. The summed E-state index contributed by atoms with van der Waals surface area (Å²) in [6, 6.07) is 16.9. The number of aromatic nitrogens is 1. The third kappa shape index (κ3) is 4.25. The van der Waals surface area contributed by atoms with Crippen LogP contribution in [-0.2, 0) is 0 Å². The molecular weight excluding hydrogens is 298 g/mol. The van der Waals surface area contributed by atoms with Crippen LogP contribution in [0.5, 0.6) is 0 Å². The monoisotopic (exact) mass is 323 g/mol. The highest BCUT2D eigenvalue weighted by Gasteiger charge is 2.23. The van der Waals surface area contributed by atoms with E-state index in [1.165, 1.54) is 5.56 Å². The molecule has 0 spiro atoms. The first-order valence-electron chi connectivity index (χ1n) is 8.50. The molecule has 0 fully saturated rings. The van der Waals surface area contributed by atoms with Crippen molar-refractivity contribution in [3.05, 3.63) is 59.8 Å². The highest BCUT2D eigenvalue weighted by atomic mass is 15.2. The maximum atomic E-state index is 4.57.